The normalized spacial score (nSPS) is 14.9. The fourth-order valence-electron chi connectivity index (χ4n) is 3.21. The van der Waals surface area contributed by atoms with E-state index in [1.165, 1.54) is 17.5 Å². The van der Waals surface area contributed by atoms with Crippen LogP contribution in [0, 0.1) is 0 Å². The number of primary amides is 1. The molecule has 1 aliphatic carbocycles. The van der Waals surface area contributed by atoms with Crippen molar-refractivity contribution in [3.05, 3.63) is 40.9 Å². The van der Waals surface area contributed by atoms with Gasteiger partial charge < -0.3 is 30.9 Å². The molecule has 31 heavy (non-hydrogen) atoms. The van der Waals surface area contributed by atoms with Crippen molar-refractivity contribution in [2.45, 2.75) is 37.8 Å². The Kier molecular flexibility index (Phi) is 8.63. The molecule has 2 amide bonds. The minimum Gasteiger partial charge on any atom is -0.492 e. The van der Waals surface area contributed by atoms with E-state index in [0.29, 0.717) is 41.1 Å². The fourth-order valence-corrected chi connectivity index (χ4v) is 3.89. The Morgan fingerprint density at radius 2 is 1.97 bits per heavy atom. The number of hydrogen-bond acceptors (Lipinski definition) is 8. The van der Waals surface area contributed by atoms with Crippen LogP contribution in [0.15, 0.2) is 30.5 Å². The Bertz CT molecular complexity index is 852. The zero-order chi connectivity index (χ0) is 22.1. The summed E-state index contributed by atoms with van der Waals surface area (Å²) < 4.78 is 11.0. The van der Waals surface area contributed by atoms with Crippen molar-refractivity contribution in [2.24, 2.45) is 5.73 Å². The zero-order valence-electron chi connectivity index (χ0n) is 17.2. The first-order valence-corrected chi connectivity index (χ1v) is 11.1. The van der Waals surface area contributed by atoms with Crippen LogP contribution in [0.4, 0.5) is 0 Å². The maximum absolute atomic E-state index is 12.2. The van der Waals surface area contributed by atoms with E-state index in [9.17, 15) is 14.7 Å². The van der Waals surface area contributed by atoms with Gasteiger partial charge in [0.1, 0.15) is 29.9 Å². The summed E-state index contributed by atoms with van der Waals surface area (Å²) in [6.07, 6.45) is 5.14. The van der Waals surface area contributed by atoms with Crippen molar-refractivity contribution < 1.29 is 24.2 Å². The lowest BCUT2D eigenvalue weighted by Gasteiger charge is -2.12. The number of rotatable bonds is 12. The van der Waals surface area contributed by atoms with Crippen LogP contribution in [-0.2, 0) is 0 Å². The van der Waals surface area contributed by atoms with Gasteiger partial charge in [0.15, 0.2) is 0 Å². The van der Waals surface area contributed by atoms with Gasteiger partial charge in [0.2, 0.25) is 5.91 Å². The van der Waals surface area contributed by atoms with E-state index < -0.39 is 12.0 Å². The van der Waals surface area contributed by atoms with Crippen molar-refractivity contribution >= 4 is 23.2 Å². The number of aliphatic hydroxyl groups excluding tert-OH is 1. The van der Waals surface area contributed by atoms with Crippen LogP contribution in [0.25, 0.3) is 0 Å². The SMILES string of the molecule is NC(=O)c1ccc(OCCNCC(O)COc2ncc(C(=O)NC3CCCC3)s2)cc1. The maximum Gasteiger partial charge on any atom is 0.273 e. The molecular formula is C21H28N4O5S. The number of nitrogens with zero attached hydrogens (tertiary/aromatic N) is 1. The molecule has 1 unspecified atom stereocenters. The van der Waals surface area contributed by atoms with Gasteiger partial charge in [0.25, 0.3) is 11.1 Å². The third-order valence-corrected chi connectivity index (χ3v) is 5.77. The molecule has 1 aliphatic rings. The summed E-state index contributed by atoms with van der Waals surface area (Å²) in [7, 11) is 0. The monoisotopic (exact) mass is 448 g/mol. The topological polar surface area (TPSA) is 136 Å². The highest BCUT2D eigenvalue weighted by molar-refractivity contribution is 7.15. The molecule has 5 N–H and O–H groups in total. The average molecular weight is 449 g/mol. The number of thiazole rings is 1. The Hall–Kier alpha value is -2.69. The highest BCUT2D eigenvalue weighted by Gasteiger charge is 2.19. The van der Waals surface area contributed by atoms with Gasteiger partial charge in [0, 0.05) is 24.7 Å². The highest BCUT2D eigenvalue weighted by Crippen LogP contribution is 2.22. The van der Waals surface area contributed by atoms with Gasteiger partial charge in [-0.25, -0.2) is 4.98 Å². The fraction of sp³-hybridized carbons (Fsp3) is 0.476. The van der Waals surface area contributed by atoms with Crippen LogP contribution in [0.5, 0.6) is 10.9 Å². The largest absolute Gasteiger partial charge is 0.492 e. The number of carbonyl (C=O) groups excluding carboxylic acids is 2. The molecule has 2 aromatic rings. The molecule has 10 heteroatoms. The third kappa shape index (κ3) is 7.50. The van der Waals surface area contributed by atoms with Gasteiger partial charge in [-0.2, -0.15) is 0 Å². The van der Waals surface area contributed by atoms with E-state index in [0.717, 1.165) is 25.7 Å². The minimum atomic E-state index is -0.727. The van der Waals surface area contributed by atoms with Gasteiger partial charge >= 0.3 is 0 Å². The smallest absolute Gasteiger partial charge is 0.273 e. The lowest BCUT2D eigenvalue weighted by Crippen LogP contribution is -2.33. The standard InChI is InChI=1S/C21H28N4O5S/c22-19(27)14-5-7-17(8-6-14)29-10-9-23-11-16(26)13-30-21-24-12-18(31-21)20(28)25-15-3-1-2-4-15/h5-8,12,15-16,23,26H,1-4,9-11,13H2,(H2,22,27)(H,25,28). The molecule has 168 valence electrons. The Morgan fingerprint density at radius 3 is 2.68 bits per heavy atom. The molecule has 0 spiro atoms. The number of amides is 2. The van der Waals surface area contributed by atoms with Crippen LogP contribution in [0.2, 0.25) is 0 Å². The van der Waals surface area contributed by atoms with E-state index in [4.69, 9.17) is 15.2 Å². The molecule has 1 aromatic heterocycles. The summed E-state index contributed by atoms with van der Waals surface area (Å²) in [5.41, 5.74) is 5.62. The molecule has 0 aliphatic heterocycles. The van der Waals surface area contributed by atoms with Crippen LogP contribution < -0.4 is 25.8 Å². The van der Waals surface area contributed by atoms with Crippen molar-refractivity contribution in [3.8, 4) is 10.9 Å². The second-order valence-electron chi connectivity index (χ2n) is 7.35. The van der Waals surface area contributed by atoms with Gasteiger partial charge in [0.05, 0.1) is 6.20 Å². The van der Waals surface area contributed by atoms with Crippen LogP contribution in [-0.4, -0.2) is 60.4 Å². The number of aromatic nitrogens is 1. The van der Waals surface area contributed by atoms with Gasteiger partial charge in [-0.3, -0.25) is 9.59 Å². The quantitative estimate of drug-likeness (QED) is 0.360. The highest BCUT2D eigenvalue weighted by atomic mass is 32.1. The lowest BCUT2D eigenvalue weighted by molar-refractivity contribution is 0.0940. The van der Waals surface area contributed by atoms with Crippen molar-refractivity contribution in [3.63, 3.8) is 0 Å². The molecule has 0 saturated heterocycles. The first-order chi connectivity index (χ1) is 15.0. The van der Waals surface area contributed by atoms with Gasteiger partial charge in [-0.1, -0.05) is 24.2 Å². The Morgan fingerprint density at radius 1 is 1.23 bits per heavy atom. The summed E-state index contributed by atoms with van der Waals surface area (Å²) in [6.45, 7) is 1.32. The summed E-state index contributed by atoms with van der Waals surface area (Å²) in [5, 5.41) is 16.5. The summed E-state index contributed by atoms with van der Waals surface area (Å²) in [6, 6.07) is 6.83. The zero-order valence-corrected chi connectivity index (χ0v) is 18.0. The van der Waals surface area contributed by atoms with Crippen LogP contribution in [0.1, 0.15) is 45.7 Å². The number of benzene rings is 1. The summed E-state index contributed by atoms with van der Waals surface area (Å²) in [4.78, 5) is 27.9. The Labute approximate surface area is 185 Å². The van der Waals surface area contributed by atoms with Crippen molar-refractivity contribution in [1.29, 1.82) is 0 Å². The summed E-state index contributed by atoms with van der Waals surface area (Å²) in [5.74, 6) is 0.0312. The number of aliphatic hydroxyl groups is 1. The van der Waals surface area contributed by atoms with E-state index in [1.54, 1.807) is 24.3 Å². The number of nitrogens with two attached hydrogens (primary N) is 1. The number of ether oxygens (including phenoxy) is 2. The number of nitrogens with one attached hydrogen (secondary N) is 2. The average Bonchev–Trinajstić information content (AvgIpc) is 3.44. The van der Waals surface area contributed by atoms with Crippen LogP contribution >= 0.6 is 11.3 Å². The predicted octanol–water partition coefficient (Wildman–Crippen LogP) is 1.32. The molecule has 1 fully saturated rings. The van der Waals surface area contributed by atoms with Gasteiger partial charge in [-0.05, 0) is 37.1 Å². The molecule has 1 atom stereocenters. The van der Waals surface area contributed by atoms with E-state index >= 15 is 0 Å². The van der Waals surface area contributed by atoms with Crippen LogP contribution in [0.3, 0.4) is 0 Å². The maximum atomic E-state index is 12.2. The van der Waals surface area contributed by atoms with Crippen molar-refractivity contribution in [2.75, 3.05) is 26.3 Å². The second kappa shape index (κ2) is 11.6. The second-order valence-corrected chi connectivity index (χ2v) is 8.34. The van der Waals surface area contributed by atoms with E-state index in [-0.39, 0.29) is 18.6 Å². The molecule has 1 aromatic carbocycles. The third-order valence-electron chi connectivity index (χ3n) is 4.86. The minimum absolute atomic E-state index is 0.0691. The first-order valence-electron chi connectivity index (χ1n) is 10.3. The van der Waals surface area contributed by atoms with Gasteiger partial charge in [-0.15, -0.1) is 0 Å². The molecule has 0 bridgehead atoms. The number of carbonyl (C=O) groups is 2. The molecule has 1 heterocycles. The Balaban J connectivity index is 1.28. The van der Waals surface area contributed by atoms with Crippen molar-refractivity contribution in [1.82, 2.24) is 15.6 Å². The molecule has 1 saturated carbocycles. The first kappa shape index (κ1) is 23.0. The van der Waals surface area contributed by atoms with E-state index in [1.807, 2.05) is 0 Å². The summed E-state index contributed by atoms with van der Waals surface area (Å²) >= 11 is 1.17. The molecular weight excluding hydrogens is 420 g/mol. The molecule has 3 rings (SSSR count). The molecule has 0 radical (unpaired) electrons. The lowest BCUT2D eigenvalue weighted by atomic mass is 10.2. The number of hydrogen-bond donors (Lipinski definition) is 4. The van der Waals surface area contributed by atoms with E-state index in [2.05, 4.69) is 15.6 Å². The molecule has 9 nitrogen and oxygen atoms in total. The predicted molar refractivity (Wildman–Crippen MR) is 117 cm³/mol.